The molecule has 0 aliphatic carbocycles. The zero-order valence-electron chi connectivity index (χ0n) is 8.92. The van der Waals surface area contributed by atoms with Crippen LogP contribution in [0.3, 0.4) is 0 Å². The fraction of sp³-hybridized carbons (Fsp3) is 0.500. The molecule has 0 atom stereocenters. The summed E-state index contributed by atoms with van der Waals surface area (Å²) >= 11 is 3.40. The van der Waals surface area contributed by atoms with Crippen LogP contribution >= 0.6 is 15.9 Å². The molecular weight excluding hydrogens is 254 g/mol. The lowest BCUT2D eigenvalue weighted by Gasteiger charge is -2.04. The molecule has 0 unspecified atom stereocenters. The second-order valence-electron chi connectivity index (χ2n) is 3.53. The Kier molecular flexibility index (Phi) is 6.64. The van der Waals surface area contributed by atoms with Crippen molar-refractivity contribution in [1.82, 2.24) is 0 Å². The molecule has 0 heterocycles. The van der Waals surface area contributed by atoms with E-state index in [1.807, 2.05) is 12.1 Å². The van der Waals surface area contributed by atoms with Crippen LogP contribution in [0.4, 0.5) is 0 Å². The third-order valence-corrected chi connectivity index (χ3v) is 2.70. The molecule has 2 N–H and O–H groups in total. The maximum atomic E-state index is 5.55. The lowest BCUT2D eigenvalue weighted by Crippen LogP contribution is -2.00. The molecule has 0 bridgehead atoms. The minimum Gasteiger partial charge on any atom is -0.377 e. The van der Waals surface area contributed by atoms with E-state index in [2.05, 4.69) is 28.1 Å². The number of ether oxygens (including phenoxy) is 1. The number of unbranched alkanes of at least 4 members (excludes halogenated alkanes) is 2. The first-order valence-corrected chi connectivity index (χ1v) is 6.14. The Morgan fingerprint density at radius 2 is 1.80 bits per heavy atom. The molecule has 0 aromatic heterocycles. The predicted molar refractivity (Wildman–Crippen MR) is 66.7 cm³/mol. The normalized spacial score (nSPS) is 10.5. The van der Waals surface area contributed by atoms with Gasteiger partial charge in [0, 0.05) is 11.1 Å². The summed E-state index contributed by atoms with van der Waals surface area (Å²) in [5.41, 5.74) is 6.62. The lowest BCUT2D eigenvalue weighted by atomic mass is 10.2. The molecule has 0 aliphatic rings. The number of halogens is 1. The van der Waals surface area contributed by atoms with Gasteiger partial charge in [-0.3, -0.25) is 0 Å². The van der Waals surface area contributed by atoms with Gasteiger partial charge in [0.1, 0.15) is 0 Å². The molecule has 1 aromatic rings. The summed E-state index contributed by atoms with van der Waals surface area (Å²) in [6.07, 6.45) is 3.37. The van der Waals surface area contributed by atoms with Crippen molar-refractivity contribution >= 4 is 15.9 Å². The first-order chi connectivity index (χ1) is 7.33. The van der Waals surface area contributed by atoms with Gasteiger partial charge < -0.3 is 10.5 Å². The average Bonchev–Trinajstić information content (AvgIpc) is 2.26. The molecule has 3 heteroatoms. The highest BCUT2D eigenvalue weighted by atomic mass is 79.9. The van der Waals surface area contributed by atoms with Gasteiger partial charge in [0.05, 0.1) is 6.61 Å². The van der Waals surface area contributed by atoms with Crippen molar-refractivity contribution in [2.75, 3.05) is 13.2 Å². The highest BCUT2D eigenvalue weighted by Crippen LogP contribution is 2.11. The Labute approximate surface area is 99.9 Å². The maximum absolute atomic E-state index is 5.55. The molecule has 2 nitrogen and oxygen atoms in total. The summed E-state index contributed by atoms with van der Waals surface area (Å²) in [6, 6.07) is 8.22. The molecule has 0 aliphatic heterocycles. The summed E-state index contributed by atoms with van der Waals surface area (Å²) in [6.45, 7) is 2.32. The van der Waals surface area contributed by atoms with Crippen molar-refractivity contribution in [1.29, 1.82) is 0 Å². The van der Waals surface area contributed by atoms with Crippen LogP contribution in [-0.4, -0.2) is 13.2 Å². The molecule has 0 spiro atoms. The quantitative estimate of drug-likeness (QED) is 0.774. The van der Waals surface area contributed by atoms with E-state index >= 15 is 0 Å². The number of benzene rings is 1. The number of hydrogen-bond donors (Lipinski definition) is 1. The van der Waals surface area contributed by atoms with Gasteiger partial charge in [-0.2, -0.15) is 0 Å². The minimum atomic E-state index is 0.704. The predicted octanol–water partition coefficient (Wildman–Crippen LogP) is 3.09. The van der Waals surface area contributed by atoms with E-state index in [1.165, 1.54) is 5.56 Å². The zero-order valence-corrected chi connectivity index (χ0v) is 10.5. The van der Waals surface area contributed by atoms with Gasteiger partial charge in [-0.1, -0.05) is 28.1 Å². The molecule has 1 aromatic carbocycles. The Balaban J connectivity index is 2.07. The second kappa shape index (κ2) is 7.85. The fourth-order valence-electron chi connectivity index (χ4n) is 1.30. The van der Waals surface area contributed by atoms with E-state index in [0.29, 0.717) is 6.61 Å². The first-order valence-electron chi connectivity index (χ1n) is 5.35. The molecule has 0 amide bonds. The Morgan fingerprint density at radius 3 is 2.47 bits per heavy atom. The zero-order chi connectivity index (χ0) is 10.9. The SMILES string of the molecule is NCCCCCOCc1ccc(Br)cc1. The highest BCUT2D eigenvalue weighted by Gasteiger charge is 1.93. The summed E-state index contributed by atoms with van der Waals surface area (Å²) in [5.74, 6) is 0. The van der Waals surface area contributed by atoms with E-state index in [-0.39, 0.29) is 0 Å². The van der Waals surface area contributed by atoms with Gasteiger partial charge in [-0.15, -0.1) is 0 Å². The first kappa shape index (κ1) is 12.7. The summed E-state index contributed by atoms with van der Waals surface area (Å²) in [7, 11) is 0. The third-order valence-electron chi connectivity index (χ3n) is 2.17. The molecule has 84 valence electrons. The van der Waals surface area contributed by atoms with Gasteiger partial charge in [-0.25, -0.2) is 0 Å². The van der Waals surface area contributed by atoms with E-state index in [4.69, 9.17) is 10.5 Å². The van der Waals surface area contributed by atoms with Crippen molar-refractivity contribution < 1.29 is 4.74 Å². The summed E-state index contributed by atoms with van der Waals surface area (Å²) in [4.78, 5) is 0. The van der Waals surface area contributed by atoms with E-state index in [9.17, 15) is 0 Å². The van der Waals surface area contributed by atoms with Crippen molar-refractivity contribution in [2.24, 2.45) is 5.73 Å². The van der Waals surface area contributed by atoms with Crippen molar-refractivity contribution in [3.63, 3.8) is 0 Å². The smallest absolute Gasteiger partial charge is 0.0716 e. The molecule has 0 radical (unpaired) electrons. The van der Waals surface area contributed by atoms with Crippen molar-refractivity contribution in [3.8, 4) is 0 Å². The Morgan fingerprint density at radius 1 is 1.07 bits per heavy atom. The molecule has 1 rings (SSSR count). The van der Waals surface area contributed by atoms with Gasteiger partial charge in [0.2, 0.25) is 0 Å². The number of hydrogen-bond acceptors (Lipinski definition) is 2. The summed E-state index contributed by atoms with van der Waals surface area (Å²) in [5, 5.41) is 0. The van der Waals surface area contributed by atoms with Crippen molar-refractivity contribution in [3.05, 3.63) is 34.3 Å². The fourth-order valence-corrected chi connectivity index (χ4v) is 1.56. The van der Waals surface area contributed by atoms with Crippen molar-refractivity contribution in [2.45, 2.75) is 25.9 Å². The minimum absolute atomic E-state index is 0.704. The lowest BCUT2D eigenvalue weighted by molar-refractivity contribution is 0.117. The average molecular weight is 272 g/mol. The Hall–Kier alpha value is -0.380. The largest absolute Gasteiger partial charge is 0.377 e. The van der Waals surface area contributed by atoms with Crippen LogP contribution in [0.1, 0.15) is 24.8 Å². The van der Waals surface area contributed by atoms with Crippen LogP contribution in [0.5, 0.6) is 0 Å². The van der Waals surface area contributed by atoms with Gasteiger partial charge >= 0.3 is 0 Å². The number of nitrogens with two attached hydrogens (primary N) is 1. The molecule has 15 heavy (non-hydrogen) atoms. The van der Waals surface area contributed by atoms with Crippen LogP contribution in [0.15, 0.2) is 28.7 Å². The molecular formula is C12H18BrNO. The van der Waals surface area contributed by atoms with Crippen LogP contribution in [0.2, 0.25) is 0 Å². The molecule has 0 saturated heterocycles. The van der Waals surface area contributed by atoms with E-state index < -0.39 is 0 Å². The van der Waals surface area contributed by atoms with E-state index in [0.717, 1.165) is 36.9 Å². The highest BCUT2D eigenvalue weighted by molar-refractivity contribution is 9.10. The standard InChI is InChI=1S/C12H18BrNO/c13-12-6-4-11(5-7-12)10-15-9-3-1-2-8-14/h4-7H,1-3,8-10,14H2. The van der Waals surface area contributed by atoms with Crippen LogP contribution in [-0.2, 0) is 11.3 Å². The van der Waals surface area contributed by atoms with Gasteiger partial charge in [0.15, 0.2) is 0 Å². The molecule has 0 fully saturated rings. The topological polar surface area (TPSA) is 35.2 Å². The van der Waals surface area contributed by atoms with Crippen LogP contribution in [0.25, 0.3) is 0 Å². The van der Waals surface area contributed by atoms with Gasteiger partial charge in [-0.05, 0) is 43.5 Å². The second-order valence-corrected chi connectivity index (χ2v) is 4.44. The number of rotatable bonds is 7. The van der Waals surface area contributed by atoms with Crippen LogP contribution < -0.4 is 5.73 Å². The van der Waals surface area contributed by atoms with E-state index in [1.54, 1.807) is 0 Å². The monoisotopic (exact) mass is 271 g/mol. The summed E-state index contributed by atoms with van der Waals surface area (Å²) < 4.78 is 6.66. The van der Waals surface area contributed by atoms with Crippen LogP contribution in [0, 0.1) is 0 Å². The Bertz CT molecular complexity index is 261. The van der Waals surface area contributed by atoms with Gasteiger partial charge in [0.25, 0.3) is 0 Å². The third kappa shape index (κ3) is 5.92. The maximum Gasteiger partial charge on any atom is 0.0716 e. The molecule has 0 saturated carbocycles.